The van der Waals surface area contributed by atoms with Crippen molar-refractivity contribution in [2.45, 2.75) is 45.1 Å². The fourth-order valence-electron chi connectivity index (χ4n) is 3.27. The summed E-state index contributed by atoms with van der Waals surface area (Å²) in [4.78, 5) is 25.7. The summed E-state index contributed by atoms with van der Waals surface area (Å²) in [5.74, 6) is -0.392. The van der Waals surface area contributed by atoms with Crippen molar-refractivity contribution in [3.05, 3.63) is 41.5 Å². The van der Waals surface area contributed by atoms with Crippen LogP contribution < -0.4 is 5.32 Å². The predicted molar refractivity (Wildman–Crippen MR) is 104 cm³/mol. The molecule has 0 bridgehead atoms. The van der Waals surface area contributed by atoms with Gasteiger partial charge in [0.25, 0.3) is 0 Å². The van der Waals surface area contributed by atoms with Gasteiger partial charge in [-0.15, -0.1) is 0 Å². The van der Waals surface area contributed by atoms with Gasteiger partial charge in [-0.25, -0.2) is 4.79 Å². The maximum atomic E-state index is 13.4. The van der Waals surface area contributed by atoms with Crippen LogP contribution >= 0.6 is 0 Å². The van der Waals surface area contributed by atoms with Gasteiger partial charge < -0.3 is 9.30 Å². The highest BCUT2D eigenvalue weighted by molar-refractivity contribution is 6.09. The Balaban J connectivity index is 1.99. The number of nitrogens with zero attached hydrogens (tertiary/aromatic N) is 3. The molecule has 0 radical (unpaired) electrons. The van der Waals surface area contributed by atoms with Gasteiger partial charge in [-0.2, -0.15) is 5.10 Å². The van der Waals surface area contributed by atoms with E-state index in [-0.39, 0.29) is 11.7 Å². The molecule has 1 aliphatic carbocycles. The lowest BCUT2D eigenvalue weighted by Crippen LogP contribution is -2.28. The van der Waals surface area contributed by atoms with Gasteiger partial charge in [0.2, 0.25) is 0 Å². The van der Waals surface area contributed by atoms with Gasteiger partial charge in [0.05, 0.1) is 28.6 Å². The number of carbonyl (C=O) groups is 2. The molecule has 2 aromatic rings. The molecule has 1 amide bonds. The molecule has 1 unspecified atom stereocenters. The van der Waals surface area contributed by atoms with Crippen LogP contribution in [0.25, 0.3) is 6.08 Å². The van der Waals surface area contributed by atoms with Crippen LogP contribution in [0, 0.1) is 0 Å². The maximum Gasteiger partial charge on any atom is 0.412 e. The average Bonchev–Trinajstić information content (AvgIpc) is 3.06. The number of rotatable bonds is 2. The molecule has 27 heavy (non-hydrogen) atoms. The first-order valence-corrected chi connectivity index (χ1v) is 9.05. The second kappa shape index (κ2) is 7.06. The van der Waals surface area contributed by atoms with Crippen LogP contribution in [0.3, 0.4) is 0 Å². The summed E-state index contributed by atoms with van der Waals surface area (Å²) >= 11 is 0. The fraction of sp³-hybridized carbons (Fsp3) is 0.450. The largest absolute Gasteiger partial charge is 0.444 e. The highest BCUT2D eigenvalue weighted by Crippen LogP contribution is 2.34. The lowest BCUT2D eigenvalue weighted by atomic mass is 9.88. The molecule has 144 valence electrons. The smallest absolute Gasteiger partial charge is 0.412 e. The van der Waals surface area contributed by atoms with Crippen LogP contribution in [0.1, 0.15) is 61.3 Å². The molecule has 0 saturated heterocycles. The van der Waals surface area contributed by atoms with Crippen LogP contribution in [0.15, 0.2) is 24.5 Å². The van der Waals surface area contributed by atoms with Crippen molar-refractivity contribution in [3.8, 4) is 0 Å². The summed E-state index contributed by atoms with van der Waals surface area (Å²) in [5, 5.41) is 7.17. The Hall–Kier alpha value is -2.83. The van der Waals surface area contributed by atoms with Crippen LogP contribution in [0.2, 0.25) is 0 Å². The van der Waals surface area contributed by atoms with Crippen molar-refractivity contribution in [1.82, 2.24) is 14.3 Å². The van der Waals surface area contributed by atoms with E-state index in [0.717, 1.165) is 17.8 Å². The Morgan fingerprint density at radius 2 is 2.07 bits per heavy atom. The van der Waals surface area contributed by atoms with Crippen molar-refractivity contribution < 1.29 is 14.3 Å². The molecule has 1 aliphatic rings. The molecule has 0 aliphatic heterocycles. The van der Waals surface area contributed by atoms with Crippen LogP contribution in [0.4, 0.5) is 10.5 Å². The minimum absolute atomic E-state index is 0.0419. The lowest BCUT2D eigenvalue weighted by molar-refractivity contribution is 0.0636. The first-order chi connectivity index (χ1) is 12.7. The van der Waals surface area contributed by atoms with Crippen molar-refractivity contribution in [1.29, 1.82) is 0 Å². The number of ether oxygens (including phenoxy) is 1. The number of carbonyl (C=O) groups excluding carboxylic acids is 2. The van der Waals surface area contributed by atoms with Crippen molar-refractivity contribution in [3.63, 3.8) is 0 Å². The quantitative estimate of drug-likeness (QED) is 0.870. The molecular weight excluding hydrogens is 344 g/mol. The zero-order valence-electron chi connectivity index (χ0n) is 16.4. The number of allylic oxidation sites excluding steroid dienone is 1. The Labute approximate surface area is 159 Å². The molecule has 1 N–H and O–H groups in total. The highest BCUT2D eigenvalue weighted by atomic mass is 16.6. The van der Waals surface area contributed by atoms with Crippen LogP contribution in [-0.2, 0) is 18.8 Å². The minimum atomic E-state index is -0.617. The number of hydrogen-bond acceptors (Lipinski definition) is 4. The molecular formula is C20H26N4O3. The number of anilines is 1. The van der Waals surface area contributed by atoms with E-state index in [4.69, 9.17) is 4.74 Å². The molecule has 2 heterocycles. The van der Waals surface area contributed by atoms with Gasteiger partial charge in [-0.05, 0) is 45.8 Å². The molecule has 2 aromatic heterocycles. The van der Waals surface area contributed by atoms with E-state index in [2.05, 4.69) is 16.5 Å². The lowest BCUT2D eigenvalue weighted by Gasteiger charge is -2.20. The minimum Gasteiger partial charge on any atom is -0.444 e. The zero-order valence-corrected chi connectivity index (χ0v) is 16.4. The van der Waals surface area contributed by atoms with E-state index in [0.29, 0.717) is 17.7 Å². The summed E-state index contributed by atoms with van der Waals surface area (Å²) < 4.78 is 8.89. The number of Topliss-reactive ketones (excluding diaryl/α,β-unsaturated/α-hetero) is 1. The molecule has 0 saturated carbocycles. The van der Waals surface area contributed by atoms with Crippen LogP contribution in [-0.4, -0.2) is 31.8 Å². The van der Waals surface area contributed by atoms with E-state index in [9.17, 15) is 9.59 Å². The number of ketones is 1. The van der Waals surface area contributed by atoms with Gasteiger partial charge in [0.1, 0.15) is 5.60 Å². The first-order valence-electron chi connectivity index (χ1n) is 9.05. The SMILES string of the molecule is Cn1ccc(C2CC/C=C\c3c(c(NC(=O)OC(C)(C)C)cn3C)C2=O)n1. The molecule has 3 rings (SSSR count). The van der Waals surface area contributed by atoms with E-state index < -0.39 is 11.7 Å². The first kappa shape index (κ1) is 18.9. The van der Waals surface area contributed by atoms with Gasteiger partial charge in [0.15, 0.2) is 5.78 Å². The topological polar surface area (TPSA) is 78.2 Å². The summed E-state index contributed by atoms with van der Waals surface area (Å²) in [6.45, 7) is 5.40. The normalized spacial score (nSPS) is 18.4. The van der Waals surface area contributed by atoms with Crippen molar-refractivity contribution in [2.24, 2.45) is 14.1 Å². The number of amides is 1. The Kier molecular flexibility index (Phi) is 4.95. The fourth-order valence-corrected chi connectivity index (χ4v) is 3.27. The van der Waals surface area contributed by atoms with Gasteiger partial charge >= 0.3 is 6.09 Å². The predicted octanol–water partition coefficient (Wildman–Crippen LogP) is 3.88. The van der Waals surface area contributed by atoms with E-state index in [1.54, 1.807) is 31.6 Å². The standard InChI is InChI=1S/C20H26N4O3/c1-20(2,3)27-19(26)21-15-12-23(4)16-9-7-6-8-13(18(25)17(15)16)14-10-11-24(5)22-14/h7,9-13H,6,8H2,1-5H3,(H,21,26)/b9-7-. The van der Waals surface area contributed by atoms with Crippen molar-refractivity contribution >= 4 is 23.6 Å². The third-order valence-corrected chi connectivity index (χ3v) is 4.42. The van der Waals surface area contributed by atoms with Gasteiger partial charge in [0, 0.05) is 26.5 Å². The monoisotopic (exact) mass is 370 g/mol. The second-order valence-corrected chi connectivity index (χ2v) is 7.85. The summed E-state index contributed by atoms with van der Waals surface area (Å²) in [5.41, 5.74) is 1.85. The van der Waals surface area contributed by atoms with E-state index in [1.165, 1.54) is 0 Å². The molecule has 1 atom stereocenters. The Morgan fingerprint density at radius 1 is 1.33 bits per heavy atom. The number of fused-ring (bicyclic) bond motifs is 1. The Bertz CT molecular complexity index is 899. The van der Waals surface area contributed by atoms with Crippen LogP contribution in [0.5, 0.6) is 0 Å². The average molecular weight is 370 g/mol. The highest BCUT2D eigenvalue weighted by Gasteiger charge is 2.31. The third-order valence-electron chi connectivity index (χ3n) is 4.42. The summed E-state index contributed by atoms with van der Waals surface area (Å²) in [7, 11) is 3.69. The molecule has 7 heteroatoms. The molecule has 7 nitrogen and oxygen atoms in total. The second-order valence-electron chi connectivity index (χ2n) is 7.85. The molecule has 0 aromatic carbocycles. The van der Waals surface area contributed by atoms with Gasteiger partial charge in [-0.3, -0.25) is 14.8 Å². The van der Waals surface area contributed by atoms with E-state index >= 15 is 0 Å². The number of aromatic nitrogens is 3. The van der Waals surface area contributed by atoms with Crippen molar-refractivity contribution in [2.75, 3.05) is 5.32 Å². The molecule has 0 fully saturated rings. The third kappa shape index (κ3) is 4.13. The van der Waals surface area contributed by atoms with E-state index in [1.807, 2.05) is 37.0 Å². The molecule has 0 spiro atoms. The summed E-state index contributed by atoms with van der Waals surface area (Å²) in [6, 6.07) is 1.87. The number of nitrogens with one attached hydrogen (secondary N) is 1. The van der Waals surface area contributed by atoms with Gasteiger partial charge in [-0.1, -0.05) is 6.08 Å². The maximum absolute atomic E-state index is 13.4. The number of aryl methyl sites for hydroxylation is 2. The summed E-state index contributed by atoms with van der Waals surface area (Å²) in [6.07, 6.45) is 8.45. The zero-order chi connectivity index (χ0) is 19.8. The Morgan fingerprint density at radius 3 is 2.70 bits per heavy atom. The number of hydrogen-bond donors (Lipinski definition) is 1.